The van der Waals surface area contributed by atoms with Crippen LogP contribution in [0, 0.1) is 6.92 Å². The van der Waals surface area contributed by atoms with Crippen molar-refractivity contribution in [2.45, 2.75) is 24.8 Å². The summed E-state index contributed by atoms with van der Waals surface area (Å²) in [5.41, 5.74) is 4.25. The highest BCUT2D eigenvalue weighted by Gasteiger charge is 2.22. The number of aryl methyl sites for hydroxylation is 1. The molecule has 1 amide bonds. The predicted octanol–water partition coefficient (Wildman–Crippen LogP) is 3.99. The number of hydrogen-bond donors (Lipinski definition) is 1. The van der Waals surface area contributed by atoms with Gasteiger partial charge in [-0.05, 0) is 54.8 Å². The van der Waals surface area contributed by atoms with Crippen molar-refractivity contribution in [3.63, 3.8) is 0 Å². The van der Waals surface area contributed by atoms with Crippen LogP contribution in [0.4, 0.5) is 5.69 Å². The molecule has 3 aromatic carbocycles. The molecule has 29 heavy (non-hydrogen) atoms. The number of sulfonamides is 1. The number of anilines is 1. The second-order valence-corrected chi connectivity index (χ2v) is 8.93. The number of rotatable bonds is 4. The standard InChI is InChI=1S/C23H22N2O3S/c1-17-9-11-22(12-10-17)29(27,28)24-21-8-4-7-19(15-21)23(26)25-14-13-18-5-2-3-6-20(18)16-25/h2-12,15,24H,13-14,16H2,1H3. The van der Waals surface area contributed by atoms with E-state index in [1.165, 1.54) is 5.56 Å². The van der Waals surface area contributed by atoms with Crippen LogP contribution in [0.1, 0.15) is 27.0 Å². The third-order valence-corrected chi connectivity index (χ3v) is 6.51. The molecule has 0 aliphatic carbocycles. The van der Waals surface area contributed by atoms with E-state index in [1.807, 2.05) is 25.1 Å². The van der Waals surface area contributed by atoms with E-state index < -0.39 is 10.0 Å². The number of nitrogens with zero attached hydrogens (tertiary/aromatic N) is 1. The molecule has 0 saturated heterocycles. The molecule has 3 aromatic rings. The lowest BCUT2D eigenvalue weighted by Crippen LogP contribution is -2.35. The third-order valence-electron chi connectivity index (χ3n) is 5.11. The van der Waals surface area contributed by atoms with Gasteiger partial charge in [-0.1, -0.05) is 48.0 Å². The van der Waals surface area contributed by atoms with Gasteiger partial charge in [0.15, 0.2) is 0 Å². The summed E-state index contributed by atoms with van der Waals surface area (Å²) in [7, 11) is -3.71. The molecule has 0 atom stereocenters. The molecule has 1 aliphatic rings. The number of carbonyl (C=O) groups is 1. The van der Waals surface area contributed by atoms with Gasteiger partial charge in [-0.25, -0.2) is 8.42 Å². The maximum absolute atomic E-state index is 13.0. The first-order chi connectivity index (χ1) is 13.9. The lowest BCUT2D eigenvalue weighted by Gasteiger charge is -2.29. The van der Waals surface area contributed by atoms with Crippen molar-refractivity contribution in [1.82, 2.24) is 4.90 Å². The summed E-state index contributed by atoms with van der Waals surface area (Å²) in [6, 6.07) is 21.4. The molecule has 6 heteroatoms. The van der Waals surface area contributed by atoms with Gasteiger partial charge in [-0.3, -0.25) is 9.52 Å². The zero-order valence-electron chi connectivity index (χ0n) is 16.1. The van der Waals surface area contributed by atoms with E-state index in [4.69, 9.17) is 0 Å². The van der Waals surface area contributed by atoms with Crippen LogP contribution < -0.4 is 4.72 Å². The van der Waals surface area contributed by atoms with Gasteiger partial charge in [0.1, 0.15) is 0 Å². The molecule has 148 valence electrons. The summed E-state index contributed by atoms with van der Waals surface area (Å²) in [4.78, 5) is 15.0. The summed E-state index contributed by atoms with van der Waals surface area (Å²) in [5, 5.41) is 0. The van der Waals surface area contributed by atoms with Gasteiger partial charge >= 0.3 is 0 Å². The zero-order chi connectivity index (χ0) is 20.4. The van der Waals surface area contributed by atoms with Crippen LogP contribution in [0.2, 0.25) is 0 Å². The first-order valence-corrected chi connectivity index (χ1v) is 11.0. The molecule has 0 aromatic heterocycles. The normalized spacial score (nSPS) is 13.6. The Morgan fingerprint density at radius 3 is 2.41 bits per heavy atom. The van der Waals surface area contributed by atoms with Crippen molar-refractivity contribution in [3.05, 3.63) is 95.1 Å². The van der Waals surface area contributed by atoms with Crippen LogP contribution in [-0.4, -0.2) is 25.8 Å². The number of fused-ring (bicyclic) bond motifs is 1. The Kier molecular flexibility index (Phi) is 5.11. The van der Waals surface area contributed by atoms with Crippen LogP contribution >= 0.6 is 0 Å². The molecule has 0 radical (unpaired) electrons. The summed E-state index contributed by atoms with van der Waals surface area (Å²) < 4.78 is 27.8. The second kappa shape index (κ2) is 7.72. The molecule has 5 nitrogen and oxygen atoms in total. The van der Waals surface area contributed by atoms with Crippen molar-refractivity contribution in [2.24, 2.45) is 0 Å². The molecule has 0 spiro atoms. The fourth-order valence-corrected chi connectivity index (χ4v) is 4.55. The van der Waals surface area contributed by atoms with Crippen molar-refractivity contribution >= 4 is 21.6 Å². The van der Waals surface area contributed by atoms with Crippen LogP contribution in [0.3, 0.4) is 0 Å². The first-order valence-electron chi connectivity index (χ1n) is 9.48. The lowest BCUT2D eigenvalue weighted by molar-refractivity contribution is 0.0734. The minimum atomic E-state index is -3.71. The van der Waals surface area contributed by atoms with Gasteiger partial charge in [-0.15, -0.1) is 0 Å². The highest BCUT2D eigenvalue weighted by molar-refractivity contribution is 7.92. The fraction of sp³-hybridized carbons (Fsp3) is 0.174. The average Bonchev–Trinajstić information content (AvgIpc) is 2.73. The van der Waals surface area contributed by atoms with Gasteiger partial charge in [-0.2, -0.15) is 0 Å². The Bertz CT molecular complexity index is 1150. The highest BCUT2D eigenvalue weighted by Crippen LogP contribution is 2.22. The first kappa shape index (κ1) is 19.2. The monoisotopic (exact) mass is 406 g/mol. The number of hydrogen-bond acceptors (Lipinski definition) is 3. The topological polar surface area (TPSA) is 66.5 Å². The molecule has 0 bridgehead atoms. The molecule has 1 heterocycles. The lowest BCUT2D eigenvalue weighted by atomic mass is 9.99. The molecular weight excluding hydrogens is 384 g/mol. The van der Waals surface area contributed by atoms with Crippen molar-refractivity contribution in [3.8, 4) is 0 Å². The third kappa shape index (κ3) is 4.17. The Labute approximate surface area is 171 Å². The van der Waals surface area contributed by atoms with Gasteiger partial charge < -0.3 is 4.90 Å². The molecule has 1 aliphatic heterocycles. The zero-order valence-corrected chi connectivity index (χ0v) is 16.9. The molecule has 4 rings (SSSR count). The summed E-state index contributed by atoms with van der Waals surface area (Å²) in [5.74, 6) is -0.101. The average molecular weight is 407 g/mol. The summed E-state index contributed by atoms with van der Waals surface area (Å²) in [6.07, 6.45) is 0.821. The Morgan fingerprint density at radius 2 is 1.66 bits per heavy atom. The maximum atomic E-state index is 13.0. The van der Waals surface area contributed by atoms with Crippen molar-refractivity contribution < 1.29 is 13.2 Å². The molecular formula is C23H22N2O3S. The Hall–Kier alpha value is -3.12. The molecule has 0 saturated carbocycles. The molecule has 0 unspecified atom stereocenters. The minimum Gasteiger partial charge on any atom is -0.334 e. The Morgan fingerprint density at radius 1 is 0.931 bits per heavy atom. The fourth-order valence-electron chi connectivity index (χ4n) is 3.50. The second-order valence-electron chi connectivity index (χ2n) is 7.24. The van der Waals surface area contributed by atoms with Crippen molar-refractivity contribution in [1.29, 1.82) is 0 Å². The number of carbonyl (C=O) groups excluding carboxylic acids is 1. The number of amides is 1. The number of nitrogens with one attached hydrogen (secondary N) is 1. The Balaban J connectivity index is 1.53. The van der Waals surface area contributed by atoms with E-state index >= 15 is 0 Å². The van der Waals surface area contributed by atoms with E-state index in [-0.39, 0.29) is 10.8 Å². The summed E-state index contributed by atoms with van der Waals surface area (Å²) >= 11 is 0. The van der Waals surface area contributed by atoms with Gasteiger partial charge in [0.2, 0.25) is 0 Å². The van der Waals surface area contributed by atoms with Gasteiger partial charge in [0, 0.05) is 24.3 Å². The predicted molar refractivity (Wildman–Crippen MR) is 113 cm³/mol. The van der Waals surface area contributed by atoms with Gasteiger partial charge in [0.25, 0.3) is 15.9 Å². The van der Waals surface area contributed by atoms with E-state index in [1.54, 1.807) is 53.4 Å². The van der Waals surface area contributed by atoms with Crippen molar-refractivity contribution in [2.75, 3.05) is 11.3 Å². The maximum Gasteiger partial charge on any atom is 0.261 e. The van der Waals surface area contributed by atoms with Crippen LogP contribution in [0.5, 0.6) is 0 Å². The summed E-state index contributed by atoms with van der Waals surface area (Å²) in [6.45, 7) is 3.11. The smallest absolute Gasteiger partial charge is 0.261 e. The van der Waals surface area contributed by atoms with E-state index in [0.717, 1.165) is 17.5 Å². The van der Waals surface area contributed by atoms with Crippen LogP contribution in [0.15, 0.2) is 77.7 Å². The largest absolute Gasteiger partial charge is 0.334 e. The molecule has 0 fully saturated rings. The van der Waals surface area contributed by atoms with Crippen LogP contribution in [0.25, 0.3) is 0 Å². The molecule has 1 N–H and O–H groups in total. The SMILES string of the molecule is Cc1ccc(S(=O)(=O)Nc2cccc(C(=O)N3CCc4ccccc4C3)c2)cc1. The minimum absolute atomic E-state index is 0.101. The van der Waals surface area contributed by atoms with E-state index in [9.17, 15) is 13.2 Å². The van der Waals surface area contributed by atoms with E-state index in [0.29, 0.717) is 24.3 Å². The number of benzene rings is 3. The van der Waals surface area contributed by atoms with E-state index in [2.05, 4.69) is 10.8 Å². The highest BCUT2D eigenvalue weighted by atomic mass is 32.2. The van der Waals surface area contributed by atoms with Gasteiger partial charge in [0.05, 0.1) is 4.90 Å². The quantitative estimate of drug-likeness (QED) is 0.712. The van der Waals surface area contributed by atoms with Crippen LogP contribution in [-0.2, 0) is 23.0 Å².